The monoisotopic (exact) mass is 251 g/mol. The first-order valence-electron chi connectivity index (χ1n) is 5.12. The van der Waals surface area contributed by atoms with E-state index in [4.69, 9.17) is 11.5 Å². The smallest absolute Gasteiger partial charge is 0.222 e. The van der Waals surface area contributed by atoms with Crippen molar-refractivity contribution in [1.82, 2.24) is 9.97 Å². The minimum absolute atomic E-state index is 0.0906. The molecule has 0 aliphatic rings. The van der Waals surface area contributed by atoms with Crippen LogP contribution >= 0.6 is 11.3 Å². The first kappa shape index (κ1) is 11.6. The molecule has 0 radical (unpaired) electrons. The van der Waals surface area contributed by atoms with Gasteiger partial charge in [0.05, 0.1) is 10.2 Å². The Labute approximate surface area is 102 Å². The van der Waals surface area contributed by atoms with E-state index in [1.54, 1.807) is 0 Å². The Hall–Kier alpha value is -1.89. The molecular weight excluding hydrogens is 238 g/mol. The third-order valence-electron chi connectivity index (χ3n) is 2.21. The van der Waals surface area contributed by atoms with Crippen LogP contribution in [0.25, 0.3) is 10.2 Å². The van der Waals surface area contributed by atoms with Gasteiger partial charge in [-0.3, -0.25) is 4.79 Å². The molecule has 0 saturated carbocycles. The maximum Gasteiger partial charge on any atom is 0.222 e. The van der Waals surface area contributed by atoms with Gasteiger partial charge >= 0.3 is 0 Å². The van der Waals surface area contributed by atoms with Gasteiger partial charge in [0.1, 0.15) is 5.82 Å². The first-order valence-corrected chi connectivity index (χ1v) is 6.00. The van der Waals surface area contributed by atoms with Gasteiger partial charge in [0, 0.05) is 12.5 Å². The molecule has 17 heavy (non-hydrogen) atoms. The summed E-state index contributed by atoms with van der Waals surface area (Å²) in [7, 11) is 0. The fourth-order valence-electron chi connectivity index (χ4n) is 1.57. The third-order valence-corrected chi connectivity index (χ3v) is 3.12. The Kier molecular flexibility index (Phi) is 3.10. The van der Waals surface area contributed by atoms with E-state index in [2.05, 4.69) is 15.3 Å². The second-order valence-electron chi connectivity index (χ2n) is 3.78. The van der Waals surface area contributed by atoms with Gasteiger partial charge in [0.2, 0.25) is 11.9 Å². The minimum Gasteiger partial charge on any atom is -0.370 e. The molecule has 0 spiro atoms. The number of rotatable bonds is 4. The summed E-state index contributed by atoms with van der Waals surface area (Å²) in [6.07, 6.45) is 0.247. The molecule has 2 heterocycles. The highest BCUT2D eigenvalue weighted by atomic mass is 32.1. The van der Waals surface area contributed by atoms with Crippen molar-refractivity contribution in [3.63, 3.8) is 0 Å². The zero-order valence-electron chi connectivity index (χ0n) is 9.30. The Morgan fingerprint density at radius 1 is 1.59 bits per heavy atom. The van der Waals surface area contributed by atoms with E-state index >= 15 is 0 Å². The van der Waals surface area contributed by atoms with Crippen molar-refractivity contribution in [1.29, 1.82) is 0 Å². The number of hydrogen-bond acceptors (Lipinski definition) is 6. The molecule has 0 aromatic carbocycles. The molecule has 0 fully saturated rings. The number of nitrogens with one attached hydrogen (secondary N) is 1. The summed E-state index contributed by atoms with van der Waals surface area (Å²) in [5.74, 6) is 0.510. The van der Waals surface area contributed by atoms with Crippen molar-refractivity contribution >= 4 is 39.2 Å². The fourth-order valence-corrected chi connectivity index (χ4v) is 2.35. The highest BCUT2D eigenvalue weighted by molar-refractivity contribution is 7.17. The molecule has 0 bridgehead atoms. The van der Waals surface area contributed by atoms with Crippen LogP contribution in [0.15, 0.2) is 11.4 Å². The second kappa shape index (κ2) is 4.54. The van der Waals surface area contributed by atoms with E-state index in [0.717, 1.165) is 10.2 Å². The molecule has 0 saturated heterocycles. The van der Waals surface area contributed by atoms with E-state index < -0.39 is 0 Å². The molecule has 1 unspecified atom stereocenters. The normalized spacial score (nSPS) is 12.5. The van der Waals surface area contributed by atoms with Crippen LogP contribution in [-0.4, -0.2) is 21.9 Å². The number of nitrogen functional groups attached to an aromatic ring is 1. The van der Waals surface area contributed by atoms with Crippen molar-refractivity contribution in [3.8, 4) is 0 Å². The summed E-state index contributed by atoms with van der Waals surface area (Å²) < 4.78 is 0.926. The number of thiophene rings is 1. The molecule has 90 valence electrons. The highest BCUT2D eigenvalue weighted by Crippen LogP contribution is 2.27. The predicted molar refractivity (Wildman–Crippen MR) is 68.7 cm³/mol. The second-order valence-corrected chi connectivity index (χ2v) is 4.70. The molecule has 2 aromatic heterocycles. The first-order chi connectivity index (χ1) is 8.06. The Bertz CT molecular complexity index is 553. The van der Waals surface area contributed by atoms with Gasteiger partial charge in [-0.15, -0.1) is 11.3 Å². The van der Waals surface area contributed by atoms with Gasteiger partial charge in [0.25, 0.3) is 0 Å². The molecule has 7 heteroatoms. The minimum atomic E-state index is -0.352. The van der Waals surface area contributed by atoms with E-state index in [1.165, 1.54) is 11.3 Å². The number of carbonyl (C=O) groups is 1. The summed E-state index contributed by atoms with van der Waals surface area (Å²) in [6, 6.07) is 1.79. The molecule has 2 aromatic rings. The third kappa shape index (κ3) is 2.62. The predicted octanol–water partition coefficient (Wildman–Crippen LogP) is 0.949. The van der Waals surface area contributed by atoms with Crippen LogP contribution in [0, 0.1) is 0 Å². The van der Waals surface area contributed by atoms with Gasteiger partial charge in [0.15, 0.2) is 0 Å². The lowest BCUT2D eigenvalue weighted by atomic mass is 10.2. The van der Waals surface area contributed by atoms with Crippen LogP contribution < -0.4 is 16.8 Å². The molecular formula is C10H13N5OS. The fraction of sp³-hybridized carbons (Fsp3) is 0.300. The van der Waals surface area contributed by atoms with Crippen LogP contribution in [0.4, 0.5) is 11.8 Å². The number of aromatic nitrogens is 2. The summed E-state index contributed by atoms with van der Waals surface area (Å²) >= 11 is 1.52. The SMILES string of the molecule is CC(CC(N)=O)Nc1nc(N)nc2ccsc12. The molecule has 0 aliphatic heterocycles. The van der Waals surface area contributed by atoms with Crippen LogP contribution in [0.3, 0.4) is 0 Å². The van der Waals surface area contributed by atoms with Crippen molar-refractivity contribution in [2.24, 2.45) is 5.73 Å². The molecule has 1 amide bonds. The maximum absolute atomic E-state index is 10.8. The number of primary amides is 1. The van der Waals surface area contributed by atoms with Crippen LogP contribution in [0.5, 0.6) is 0 Å². The van der Waals surface area contributed by atoms with Crippen LogP contribution in [0.1, 0.15) is 13.3 Å². The van der Waals surface area contributed by atoms with Crippen molar-refractivity contribution in [3.05, 3.63) is 11.4 Å². The van der Waals surface area contributed by atoms with E-state index in [-0.39, 0.29) is 24.3 Å². The summed E-state index contributed by atoms with van der Waals surface area (Å²) in [5, 5.41) is 5.04. The molecule has 5 N–H and O–H groups in total. The van der Waals surface area contributed by atoms with Gasteiger partial charge in [-0.25, -0.2) is 4.98 Å². The quantitative estimate of drug-likeness (QED) is 0.750. The number of nitrogens with zero attached hydrogens (tertiary/aromatic N) is 2. The van der Waals surface area contributed by atoms with Crippen molar-refractivity contribution < 1.29 is 4.79 Å². The lowest BCUT2D eigenvalue weighted by Crippen LogP contribution is -2.24. The van der Waals surface area contributed by atoms with Crippen LogP contribution in [-0.2, 0) is 4.79 Å². The van der Waals surface area contributed by atoms with Gasteiger partial charge in [-0.2, -0.15) is 4.98 Å². The number of anilines is 2. The Morgan fingerprint density at radius 2 is 2.35 bits per heavy atom. The van der Waals surface area contributed by atoms with Gasteiger partial charge in [-0.1, -0.05) is 0 Å². The van der Waals surface area contributed by atoms with Crippen molar-refractivity contribution in [2.75, 3.05) is 11.1 Å². The van der Waals surface area contributed by atoms with Gasteiger partial charge in [-0.05, 0) is 18.4 Å². The van der Waals surface area contributed by atoms with E-state index in [0.29, 0.717) is 5.82 Å². The lowest BCUT2D eigenvalue weighted by molar-refractivity contribution is -0.118. The molecule has 6 nitrogen and oxygen atoms in total. The summed E-state index contributed by atoms with van der Waals surface area (Å²) in [6.45, 7) is 1.86. The molecule has 0 aliphatic carbocycles. The maximum atomic E-state index is 10.8. The Morgan fingerprint density at radius 3 is 3.06 bits per heavy atom. The zero-order chi connectivity index (χ0) is 12.4. The van der Waals surface area contributed by atoms with Crippen molar-refractivity contribution in [2.45, 2.75) is 19.4 Å². The Balaban J connectivity index is 2.28. The zero-order valence-corrected chi connectivity index (χ0v) is 10.1. The summed E-state index contributed by atoms with van der Waals surface area (Å²) in [4.78, 5) is 19.1. The molecule has 1 atom stereocenters. The number of amides is 1. The average molecular weight is 251 g/mol. The standard InChI is InChI=1S/C10H13N5OS/c1-5(4-7(11)16)13-9-8-6(2-3-17-8)14-10(12)15-9/h2-3,5H,4H2,1H3,(H2,11,16)(H3,12,13,14,15). The number of hydrogen-bond donors (Lipinski definition) is 3. The number of nitrogens with two attached hydrogens (primary N) is 2. The number of carbonyl (C=O) groups excluding carboxylic acids is 1. The van der Waals surface area contributed by atoms with Gasteiger partial charge < -0.3 is 16.8 Å². The highest BCUT2D eigenvalue weighted by Gasteiger charge is 2.11. The van der Waals surface area contributed by atoms with E-state index in [1.807, 2.05) is 18.4 Å². The largest absolute Gasteiger partial charge is 0.370 e. The average Bonchev–Trinajstić information content (AvgIpc) is 2.63. The molecule has 2 rings (SSSR count). The summed E-state index contributed by atoms with van der Waals surface area (Å²) in [5.41, 5.74) is 11.5. The number of fused-ring (bicyclic) bond motifs is 1. The van der Waals surface area contributed by atoms with Crippen LogP contribution in [0.2, 0.25) is 0 Å². The topological polar surface area (TPSA) is 107 Å². The lowest BCUT2D eigenvalue weighted by Gasteiger charge is -2.13. The van der Waals surface area contributed by atoms with E-state index in [9.17, 15) is 4.79 Å².